The van der Waals surface area contributed by atoms with Crippen LogP contribution in [0.5, 0.6) is 0 Å². The van der Waals surface area contributed by atoms with Crippen molar-refractivity contribution in [2.24, 2.45) is 28.6 Å². The first kappa shape index (κ1) is 17.2. The number of rotatable bonds is 3. The molecule has 3 fully saturated rings. The largest absolute Gasteiger partial charge is 0.392 e. The standard InChI is InChI=1S/C17H29NO4S/c1-10(2)14(19)11(3)15(20)18-13-8-12-6-7-17(13,16(12,4)5)9-23(18,21)22/h10-14,19H,6-9H2,1-5H3/t11-,12+,13+,14-,17+/m0/s1. The first-order valence-corrected chi connectivity index (χ1v) is 10.3. The monoisotopic (exact) mass is 343 g/mol. The van der Waals surface area contributed by atoms with E-state index in [1.807, 2.05) is 13.8 Å². The summed E-state index contributed by atoms with van der Waals surface area (Å²) < 4.78 is 26.8. The summed E-state index contributed by atoms with van der Waals surface area (Å²) in [5.41, 5.74) is -0.339. The minimum Gasteiger partial charge on any atom is -0.392 e. The van der Waals surface area contributed by atoms with Crippen LogP contribution in [0.25, 0.3) is 0 Å². The van der Waals surface area contributed by atoms with Gasteiger partial charge in [-0.25, -0.2) is 12.7 Å². The lowest BCUT2D eigenvalue weighted by molar-refractivity contribution is -0.137. The van der Waals surface area contributed by atoms with Crippen molar-refractivity contribution in [1.29, 1.82) is 0 Å². The van der Waals surface area contributed by atoms with Gasteiger partial charge in [0.2, 0.25) is 15.9 Å². The Morgan fingerprint density at radius 3 is 2.39 bits per heavy atom. The Kier molecular flexibility index (Phi) is 3.70. The maximum atomic E-state index is 12.9. The molecule has 0 unspecified atom stereocenters. The van der Waals surface area contributed by atoms with Gasteiger partial charge < -0.3 is 5.11 Å². The smallest absolute Gasteiger partial charge is 0.241 e. The lowest BCUT2D eigenvalue weighted by atomic mass is 9.69. The molecule has 3 aliphatic rings. The second-order valence-corrected chi connectivity index (χ2v) is 10.6. The number of carbonyl (C=O) groups excluding carboxylic acids is 1. The second kappa shape index (κ2) is 4.94. The van der Waals surface area contributed by atoms with E-state index < -0.39 is 28.0 Å². The van der Waals surface area contributed by atoms with Crippen molar-refractivity contribution in [3.8, 4) is 0 Å². The number of carbonyl (C=O) groups is 1. The van der Waals surface area contributed by atoms with Gasteiger partial charge in [-0.15, -0.1) is 0 Å². The Labute approximate surface area is 139 Å². The van der Waals surface area contributed by atoms with Crippen molar-refractivity contribution in [3.63, 3.8) is 0 Å². The number of hydrogen-bond acceptors (Lipinski definition) is 4. The molecule has 6 heteroatoms. The maximum Gasteiger partial charge on any atom is 0.241 e. The number of sulfonamides is 1. The van der Waals surface area contributed by atoms with Crippen molar-refractivity contribution in [1.82, 2.24) is 4.31 Å². The molecule has 5 nitrogen and oxygen atoms in total. The Balaban J connectivity index is 1.97. The zero-order valence-electron chi connectivity index (χ0n) is 14.7. The van der Waals surface area contributed by atoms with Crippen molar-refractivity contribution in [2.45, 2.75) is 66.0 Å². The van der Waals surface area contributed by atoms with E-state index in [1.54, 1.807) is 6.92 Å². The molecule has 0 radical (unpaired) electrons. The van der Waals surface area contributed by atoms with E-state index in [1.165, 1.54) is 4.31 Å². The molecule has 1 N–H and O–H groups in total. The number of nitrogens with zero attached hydrogens (tertiary/aromatic N) is 1. The van der Waals surface area contributed by atoms with E-state index in [0.29, 0.717) is 5.92 Å². The highest BCUT2D eigenvalue weighted by Gasteiger charge is 2.72. The summed E-state index contributed by atoms with van der Waals surface area (Å²) >= 11 is 0. The van der Waals surface area contributed by atoms with Crippen LogP contribution in [0.1, 0.15) is 53.9 Å². The van der Waals surface area contributed by atoms with Crippen molar-refractivity contribution >= 4 is 15.9 Å². The molecule has 1 aliphatic heterocycles. The molecule has 0 aromatic rings. The third-order valence-electron chi connectivity index (χ3n) is 7.21. The zero-order valence-corrected chi connectivity index (χ0v) is 15.6. The number of amides is 1. The normalized spacial score (nSPS) is 39.5. The summed E-state index contributed by atoms with van der Waals surface area (Å²) in [5, 5.41) is 10.2. The Morgan fingerprint density at radius 2 is 1.87 bits per heavy atom. The van der Waals surface area contributed by atoms with Crippen LogP contribution in [-0.4, -0.2) is 41.6 Å². The van der Waals surface area contributed by atoms with Gasteiger partial charge in [0, 0.05) is 5.41 Å². The van der Waals surface area contributed by atoms with Crippen LogP contribution in [0.3, 0.4) is 0 Å². The fourth-order valence-corrected chi connectivity index (χ4v) is 8.12. The molecule has 3 rings (SSSR count). The van der Waals surface area contributed by atoms with Crippen LogP contribution in [0.15, 0.2) is 0 Å². The van der Waals surface area contributed by atoms with Gasteiger partial charge in [0.15, 0.2) is 0 Å². The van der Waals surface area contributed by atoms with Crippen LogP contribution < -0.4 is 0 Å². The first-order valence-electron chi connectivity index (χ1n) is 8.70. The van der Waals surface area contributed by atoms with Crippen molar-refractivity contribution < 1.29 is 18.3 Å². The van der Waals surface area contributed by atoms with Crippen LogP contribution in [0.2, 0.25) is 0 Å². The predicted molar refractivity (Wildman–Crippen MR) is 88.0 cm³/mol. The van der Waals surface area contributed by atoms with Crippen molar-refractivity contribution in [3.05, 3.63) is 0 Å². The Bertz CT molecular complexity index is 627. The molecular formula is C17H29NO4S. The molecule has 1 heterocycles. The predicted octanol–water partition coefficient (Wildman–Crippen LogP) is 2.01. The van der Waals surface area contributed by atoms with E-state index in [2.05, 4.69) is 13.8 Å². The lowest BCUT2D eigenvalue weighted by Crippen LogP contribution is -2.48. The highest BCUT2D eigenvalue weighted by Crippen LogP contribution is 2.70. The summed E-state index contributed by atoms with van der Waals surface area (Å²) in [6.45, 7) is 9.66. The highest BCUT2D eigenvalue weighted by molar-refractivity contribution is 7.90. The van der Waals surface area contributed by atoms with E-state index in [9.17, 15) is 18.3 Å². The minimum absolute atomic E-state index is 0.0420. The van der Waals surface area contributed by atoms with Gasteiger partial charge in [0.05, 0.1) is 23.8 Å². The molecule has 23 heavy (non-hydrogen) atoms. The summed E-state index contributed by atoms with van der Waals surface area (Å²) in [7, 11) is -3.59. The molecule has 1 saturated heterocycles. The topological polar surface area (TPSA) is 74.7 Å². The molecule has 5 atom stereocenters. The summed E-state index contributed by atoms with van der Waals surface area (Å²) in [5.74, 6) is -0.614. The molecule has 2 saturated carbocycles. The van der Waals surface area contributed by atoms with Gasteiger partial charge >= 0.3 is 0 Å². The van der Waals surface area contributed by atoms with Crippen LogP contribution >= 0.6 is 0 Å². The van der Waals surface area contributed by atoms with Gasteiger partial charge in [0.1, 0.15) is 0 Å². The molecule has 0 aromatic heterocycles. The molecule has 0 aromatic carbocycles. The highest BCUT2D eigenvalue weighted by atomic mass is 32.2. The summed E-state index contributed by atoms with van der Waals surface area (Å²) in [4.78, 5) is 12.9. The number of hydrogen-bond donors (Lipinski definition) is 1. The van der Waals surface area contributed by atoms with E-state index in [0.717, 1.165) is 19.3 Å². The lowest BCUT2D eigenvalue weighted by Gasteiger charge is -2.37. The third-order valence-corrected chi connectivity index (χ3v) is 9.13. The van der Waals surface area contributed by atoms with Crippen LogP contribution in [0.4, 0.5) is 0 Å². The van der Waals surface area contributed by atoms with Crippen LogP contribution in [-0.2, 0) is 14.8 Å². The quantitative estimate of drug-likeness (QED) is 0.850. The number of aliphatic hydroxyl groups is 1. The molecule has 1 spiro atoms. The van der Waals surface area contributed by atoms with Gasteiger partial charge in [0.25, 0.3) is 0 Å². The molecule has 2 aliphatic carbocycles. The van der Waals surface area contributed by atoms with E-state index >= 15 is 0 Å². The molecule has 132 valence electrons. The van der Waals surface area contributed by atoms with Gasteiger partial charge in [-0.1, -0.05) is 34.6 Å². The minimum atomic E-state index is -3.59. The van der Waals surface area contributed by atoms with Gasteiger partial charge in [-0.05, 0) is 36.5 Å². The summed E-state index contributed by atoms with van der Waals surface area (Å²) in [6.07, 6.45) is 1.91. The average molecular weight is 343 g/mol. The zero-order chi connectivity index (χ0) is 17.4. The number of fused-ring (bicyclic) bond motifs is 1. The second-order valence-electron chi connectivity index (χ2n) is 8.78. The SMILES string of the molecule is CC(C)[C@H](O)[C@H](C)C(=O)N1[C@@H]2C[C@H]3CC[C@]2(CS1(=O)=O)C3(C)C. The molecule has 2 bridgehead atoms. The van der Waals surface area contributed by atoms with Crippen LogP contribution in [0, 0.1) is 28.6 Å². The van der Waals surface area contributed by atoms with E-state index in [4.69, 9.17) is 0 Å². The van der Waals surface area contributed by atoms with Crippen molar-refractivity contribution in [2.75, 3.05) is 5.75 Å². The summed E-state index contributed by atoms with van der Waals surface area (Å²) in [6, 6.07) is -0.212. The van der Waals surface area contributed by atoms with E-state index in [-0.39, 0.29) is 28.5 Å². The third kappa shape index (κ3) is 2.06. The molecule has 1 amide bonds. The van der Waals surface area contributed by atoms with Gasteiger partial charge in [-0.3, -0.25) is 4.79 Å². The Hall–Kier alpha value is -0.620. The Morgan fingerprint density at radius 1 is 1.26 bits per heavy atom. The fraction of sp³-hybridized carbons (Fsp3) is 0.941. The number of aliphatic hydroxyl groups excluding tert-OH is 1. The fourth-order valence-electron chi connectivity index (χ4n) is 5.50. The maximum absolute atomic E-state index is 12.9. The average Bonchev–Trinajstić information content (AvgIpc) is 2.91. The van der Waals surface area contributed by atoms with Gasteiger partial charge in [-0.2, -0.15) is 0 Å². The first-order chi connectivity index (χ1) is 10.5. The molecular weight excluding hydrogens is 314 g/mol.